The molecule has 25 heavy (non-hydrogen) atoms. The van der Waals surface area contributed by atoms with E-state index >= 15 is 0 Å². The van der Waals surface area contributed by atoms with Gasteiger partial charge in [-0.15, -0.1) is 0 Å². The van der Waals surface area contributed by atoms with Crippen LogP contribution in [0.3, 0.4) is 0 Å². The van der Waals surface area contributed by atoms with Gasteiger partial charge in [-0.2, -0.15) is 0 Å². The van der Waals surface area contributed by atoms with Gasteiger partial charge in [0, 0.05) is 0 Å². The first kappa shape index (κ1) is 20.0. The molecule has 0 radical (unpaired) electrons. The Kier molecular flexibility index (Phi) is 8.45. The van der Waals surface area contributed by atoms with Crippen LogP contribution in [0.5, 0.6) is 0 Å². The number of hydrogen-bond donors (Lipinski definition) is 0. The first-order valence-corrected chi connectivity index (χ1v) is 16.9. The Morgan fingerprint density at radius 2 is 1.16 bits per heavy atom. The summed E-state index contributed by atoms with van der Waals surface area (Å²) in [4.78, 5) is 4.83. The van der Waals surface area contributed by atoms with E-state index in [2.05, 4.69) is 40.1 Å². The molecule has 7 heteroatoms. The van der Waals surface area contributed by atoms with E-state index in [4.69, 9.17) is 24.4 Å². The fourth-order valence-electron chi connectivity index (χ4n) is 3.08. The molecule has 2 aliphatic heterocycles. The summed E-state index contributed by atoms with van der Waals surface area (Å²) in [5.74, 6) is 0. The zero-order valence-corrected chi connectivity index (χ0v) is 19.6. The van der Waals surface area contributed by atoms with Crippen LogP contribution in [-0.4, -0.2) is 57.0 Å². The van der Waals surface area contributed by atoms with Crippen molar-refractivity contribution in [3.63, 3.8) is 0 Å². The van der Waals surface area contributed by atoms with Crippen molar-refractivity contribution in [2.45, 2.75) is 38.5 Å². The van der Waals surface area contributed by atoms with E-state index in [-0.39, 0.29) is 0 Å². The molecule has 0 spiro atoms. The van der Waals surface area contributed by atoms with Crippen LogP contribution in [0, 0.1) is 0 Å². The van der Waals surface area contributed by atoms with Crippen LogP contribution >= 0.6 is 44.5 Å². The number of nitrogens with zero attached hydrogens (tertiary/aromatic N) is 2. The molecule has 2 nitrogen and oxygen atoms in total. The molecule has 1 aromatic rings. The van der Waals surface area contributed by atoms with Crippen molar-refractivity contribution in [2.75, 3.05) is 26.2 Å². The molecule has 2 heterocycles. The zero-order chi connectivity index (χ0) is 17.5. The Hall–Kier alpha value is 0.258. The maximum absolute atomic E-state index is 5.81. The molecule has 2 fully saturated rings. The maximum atomic E-state index is 5.81. The molecule has 0 N–H and O–H groups in total. The van der Waals surface area contributed by atoms with Crippen LogP contribution in [-0.2, 0) is 0 Å². The van der Waals surface area contributed by atoms with E-state index in [1.807, 2.05) is 20.0 Å². The van der Waals surface area contributed by atoms with Gasteiger partial charge in [-0.25, -0.2) is 0 Å². The Labute approximate surface area is 173 Å². The average molecular weight is 473 g/mol. The molecule has 1 aromatic carbocycles. The molecule has 0 atom stereocenters. The molecule has 3 rings (SSSR count). The van der Waals surface area contributed by atoms with E-state index in [1.165, 1.54) is 42.9 Å². The molecule has 0 saturated carbocycles. The van der Waals surface area contributed by atoms with E-state index < -0.39 is 12.3 Å². The number of likely N-dealkylation sites (tertiary alicyclic amines) is 2. The van der Waals surface area contributed by atoms with Gasteiger partial charge in [0.25, 0.3) is 0 Å². The zero-order valence-electron chi connectivity index (χ0n) is 14.4. The summed E-state index contributed by atoms with van der Waals surface area (Å²) in [7, 11) is 3.90. The van der Waals surface area contributed by atoms with Gasteiger partial charge < -0.3 is 0 Å². The SMILES string of the molecule is S=C(S[As](SC(=S)N1CCCCC1)c1ccccc1)N1CCCCC1. The summed E-state index contributed by atoms with van der Waals surface area (Å²) in [6.07, 6.45) is 7.79. The number of hydrogen-bond acceptors (Lipinski definition) is 4. The molecule has 0 amide bonds. The molecule has 0 aromatic heterocycles. The van der Waals surface area contributed by atoms with E-state index in [9.17, 15) is 0 Å². The van der Waals surface area contributed by atoms with Crippen molar-refractivity contribution in [3.8, 4) is 0 Å². The molecule has 0 unspecified atom stereocenters. The average Bonchev–Trinajstić information content (AvgIpc) is 2.69. The Bertz CT molecular complexity index is 540. The van der Waals surface area contributed by atoms with Crippen LogP contribution in [0.15, 0.2) is 30.3 Å². The van der Waals surface area contributed by atoms with Gasteiger partial charge in [0.05, 0.1) is 0 Å². The molecule has 0 aliphatic carbocycles. The summed E-state index contributed by atoms with van der Waals surface area (Å²) in [6, 6.07) is 10.9. The summed E-state index contributed by atoms with van der Waals surface area (Å²) in [6.45, 7) is 4.52. The van der Waals surface area contributed by atoms with Crippen molar-refractivity contribution in [1.82, 2.24) is 9.80 Å². The third-order valence-corrected chi connectivity index (χ3v) is 18.6. The fourth-order valence-corrected chi connectivity index (χ4v) is 18.1. The first-order valence-electron chi connectivity index (χ1n) is 9.03. The van der Waals surface area contributed by atoms with Gasteiger partial charge in [0.15, 0.2) is 0 Å². The van der Waals surface area contributed by atoms with Gasteiger partial charge in [-0.3, -0.25) is 0 Å². The van der Waals surface area contributed by atoms with Crippen molar-refractivity contribution in [2.24, 2.45) is 0 Å². The summed E-state index contributed by atoms with van der Waals surface area (Å²) < 4.78 is 3.64. The van der Waals surface area contributed by atoms with Crippen molar-refractivity contribution < 1.29 is 0 Å². The third kappa shape index (κ3) is 6.14. The molecule has 2 aliphatic rings. The summed E-state index contributed by atoms with van der Waals surface area (Å²) >= 11 is 10.2. The Morgan fingerprint density at radius 1 is 0.720 bits per heavy atom. The topological polar surface area (TPSA) is 6.48 Å². The van der Waals surface area contributed by atoms with Gasteiger partial charge in [0.2, 0.25) is 0 Å². The van der Waals surface area contributed by atoms with Gasteiger partial charge in [-0.05, 0) is 0 Å². The molecule has 0 bridgehead atoms. The van der Waals surface area contributed by atoms with Crippen LogP contribution < -0.4 is 4.35 Å². The Balaban J connectivity index is 1.66. The predicted octanol–water partition coefficient (Wildman–Crippen LogP) is 4.39. The third-order valence-electron chi connectivity index (χ3n) is 4.52. The second-order valence-electron chi connectivity index (χ2n) is 6.40. The van der Waals surface area contributed by atoms with E-state index in [1.54, 1.807) is 0 Å². The molecular weight excluding hydrogens is 447 g/mol. The standard InChI is InChI=1S/C18H25AsN2S4/c22-17(20-12-6-2-7-13-20)24-19(16-10-4-1-5-11-16)25-18(23)21-14-8-3-9-15-21/h1,4-5,10-11H,2-3,6-9,12-15H2. The Morgan fingerprint density at radius 3 is 1.60 bits per heavy atom. The fraction of sp³-hybridized carbons (Fsp3) is 0.556. The second-order valence-corrected chi connectivity index (χ2v) is 18.3. The van der Waals surface area contributed by atoms with E-state index in [0.717, 1.165) is 34.8 Å². The predicted molar refractivity (Wildman–Crippen MR) is 123 cm³/mol. The minimum atomic E-state index is -1.46. The van der Waals surface area contributed by atoms with Crippen molar-refractivity contribution in [1.29, 1.82) is 0 Å². The van der Waals surface area contributed by atoms with Crippen LogP contribution in [0.4, 0.5) is 0 Å². The van der Waals surface area contributed by atoms with Crippen LogP contribution in [0.1, 0.15) is 38.5 Å². The number of benzene rings is 1. The normalized spacial score (nSPS) is 18.4. The summed E-state index contributed by atoms with van der Waals surface area (Å²) in [5.41, 5.74) is 0. The van der Waals surface area contributed by atoms with Crippen molar-refractivity contribution in [3.05, 3.63) is 30.3 Å². The number of thiocarbonyl (C=S) groups is 2. The molecule has 136 valence electrons. The quantitative estimate of drug-likeness (QED) is 0.472. The number of rotatable bonds is 3. The van der Waals surface area contributed by atoms with Gasteiger partial charge >= 0.3 is 175 Å². The first-order chi connectivity index (χ1) is 12.2. The number of piperidine rings is 2. The monoisotopic (exact) mass is 472 g/mol. The van der Waals surface area contributed by atoms with Gasteiger partial charge in [0.1, 0.15) is 0 Å². The minimum absolute atomic E-state index is 1.09. The molecular formula is C18H25AsN2S4. The van der Waals surface area contributed by atoms with Gasteiger partial charge in [-0.1, -0.05) is 0 Å². The van der Waals surface area contributed by atoms with Crippen LogP contribution in [0.2, 0.25) is 0 Å². The van der Waals surface area contributed by atoms with E-state index in [0.29, 0.717) is 0 Å². The van der Waals surface area contributed by atoms with Crippen LogP contribution in [0.25, 0.3) is 0 Å². The second kappa shape index (κ2) is 10.6. The van der Waals surface area contributed by atoms with Crippen molar-refractivity contribution >= 4 is 69.8 Å². The summed E-state index contributed by atoms with van der Waals surface area (Å²) in [5, 5.41) is 0. The molecule has 2 saturated heterocycles.